The summed E-state index contributed by atoms with van der Waals surface area (Å²) in [5.41, 5.74) is -0.616. The van der Waals surface area contributed by atoms with Gasteiger partial charge in [0.25, 0.3) is 0 Å². The quantitative estimate of drug-likeness (QED) is 0.734. The van der Waals surface area contributed by atoms with Gasteiger partial charge in [0.15, 0.2) is 0 Å². The van der Waals surface area contributed by atoms with E-state index in [-0.39, 0.29) is 12.1 Å². The zero-order valence-corrected chi connectivity index (χ0v) is 10.1. The molecule has 0 spiro atoms. The number of likely N-dealkylation sites (N-methyl/N-ethyl adjacent to an activating group) is 1. The van der Waals surface area contributed by atoms with Gasteiger partial charge in [-0.3, -0.25) is 4.90 Å². The van der Waals surface area contributed by atoms with Crippen molar-refractivity contribution in [3.05, 3.63) is 0 Å². The third kappa shape index (κ3) is 2.74. The average Bonchev–Trinajstić information content (AvgIpc) is 2.65. The Morgan fingerprint density at radius 1 is 1.31 bits per heavy atom. The van der Waals surface area contributed by atoms with E-state index in [2.05, 4.69) is 4.90 Å². The smallest absolute Gasteiger partial charge is 0.0817 e. The van der Waals surface area contributed by atoms with E-state index in [1.165, 1.54) is 0 Å². The number of ether oxygens (including phenoxy) is 1. The van der Waals surface area contributed by atoms with Crippen molar-refractivity contribution in [2.45, 2.75) is 49.9 Å². The molecule has 0 unspecified atom stereocenters. The molecule has 0 bridgehead atoms. The van der Waals surface area contributed by atoms with Crippen LogP contribution in [0.2, 0.25) is 0 Å². The Morgan fingerprint density at radius 2 is 2.00 bits per heavy atom. The van der Waals surface area contributed by atoms with Crippen LogP contribution in [0.15, 0.2) is 0 Å². The Balaban J connectivity index is 1.87. The van der Waals surface area contributed by atoms with Gasteiger partial charge in [0.2, 0.25) is 0 Å². The van der Waals surface area contributed by atoms with E-state index < -0.39 is 5.60 Å². The number of aliphatic hydroxyl groups is 2. The molecule has 0 radical (unpaired) electrons. The molecule has 0 aromatic heterocycles. The van der Waals surface area contributed by atoms with Gasteiger partial charge in [-0.15, -0.1) is 0 Å². The van der Waals surface area contributed by atoms with Crippen LogP contribution in [0, 0.1) is 0 Å². The van der Waals surface area contributed by atoms with Gasteiger partial charge in [-0.25, -0.2) is 0 Å². The van der Waals surface area contributed by atoms with Crippen LogP contribution in [-0.4, -0.2) is 59.7 Å². The van der Waals surface area contributed by atoms with Crippen LogP contribution >= 0.6 is 0 Å². The molecule has 1 saturated heterocycles. The van der Waals surface area contributed by atoms with Crippen LogP contribution in [0.5, 0.6) is 0 Å². The molecule has 0 aromatic carbocycles. The molecular weight excluding hydrogens is 206 g/mol. The van der Waals surface area contributed by atoms with Crippen LogP contribution in [0.1, 0.15) is 32.1 Å². The van der Waals surface area contributed by atoms with Crippen molar-refractivity contribution in [2.75, 3.05) is 26.8 Å². The first-order valence-electron chi connectivity index (χ1n) is 6.29. The molecular formula is C12H23NO3. The standard InChI is InChI=1S/C12H23NO3/c1-13(10-3-2-4-11(10)14)9-12(15)5-7-16-8-6-12/h10-11,14-15H,2-9H2,1H3/t10-,11-/m1/s1. The number of hydrogen-bond acceptors (Lipinski definition) is 4. The summed E-state index contributed by atoms with van der Waals surface area (Å²) in [6, 6.07) is 0.229. The van der Waals surface area contributed by atoms with Gasteiger partial charge < -0.3 is 14.9 Å². The highest BCUT2D eigenvalue weighted by Gasteiger charge is 2.36. The van der Waals surface area contributed by atoms with Crippen molar-refractivity contribution in [3.63, 3.8) is 0 Å². The predicted molar refractivity (Wildman–Crippen MR) is 61.3 cm³/mol. The summed E-state index contributed by atoms with van der Waals surface area (Å²) in [4.78, 5) is 2.13. The number of hydrogen-bond donors (Lipinski definition) is 2. The maximum atomic E-state index is 10.4. The van der Waals surface area contributed by atoms with Crippen LogP contribution in [0.4, 0.5) is 0 Å². The van der Waals surface area contributed by atoms with E-state index in [1.54, 1.807) is 0 Å². The van der Waals surface area contributed by atoms with E-state index in [4.69, 9.17) is 4.74 Å². The van der Waals surface area contributed by atoms with E-state index in [0.29, 0.717) is 32.6 Å². The van der Waals surface area contributed by atoms with Gasteiger partial charge >= 0.3 is 0 Å². The SMILES string of the molecule is CN(CC1(O)CCOCC1)[C@@H]1CCC[C@H]1O. The van der Waals surface area contributed by atoms with E-state index in [1.807, 2.05) is 7.05 Å². The van der Waals surface area contributed by atoms with Crippen molar-refractivity contribution < 1.29 is 14.9 Å². The molecule has 2 aliphatic rings. The average molecular weight is 229 g/mol. The highest BCUT2D eigenvalue weighted by Crippen LogP contribution is 2.27. The molecule has 2 atom stereocenters. The summed E-state index contributed by atoms with van der Waals surface area (Å²) in [5.74, 6) is 0. The fourth-order valence-corrected chi connectivity index (χ4v) is 2.93. The predicted octanol–water partition coefficient (Wildman–Crippen LogP) is 0.373. The molecule has 2 N–H and O–H groups in total. The van der Waals surface area contributed by atoms with Crippen molar-refractivity contribution in [1.29, 1.82) is 0 Å². The van der Waals surface area contributed by atoms with Gasteiger partial charge in [0, 0.05) is 38.6 Å². The van der Waals surface area contributed by atoms with E-state index >= 15 is 0 Å². The second-order valence-electron chi connectivity index (χ2n) is 5.32. The Morgan fingerprint density at radius 3 is 2.56 bits per heavy atom. The van der Waals surface area contributed by atoms with Gasteiger partial charge in [0.05, 0.1) is 11.7 Å². The summed E-state index contributed by atoms with van der Waals surface area (Å²) in [6.45, 7) is 1.95. The number of aliphatic hydroxyl groups excluding tert-OH is 1. The summed E-state index contributed by atoms with van der Waals surface area (Å²) in [6.07, 6.45) is 4.24. The van der Waals surface area contributed by atoms with Gasteiger partial charge in [-0.2, -0.15) is 0 Å². The molecule has 4 nitrogen and oxygen atoms in total. The van der Waals surface area contributed by atoms with Crippen molar-refractivity contribution in [2.24, 2.45) is 0 Å². The molecule has 1 saturated carbocycles. The molecule has 1 heterocycles. The van der Waals surface area contributed by atoms with E-state index in [0.717, 1.165) is 19.3 Å². The monoisotopic (exact) mass is 229 g/mol. The molecule has 1 aliphatic carbocycles. The third-order valence-electron chi connectivity index (χ3n) is 3.98. The minimum absolute atomic E-state index is 0.214. The fraction of sp³-hybridized carbons (Fsp3) is 1.00. The van der Waals surface area contributed by atoms with Crippen LogP contribution in [0.25, 0.3) is 0 Å². The molecule has 16 heavy (non-hydrogen) atoms. The first-order chi connectivity index (χ1) is 7.61. The molecule has 2 rings (SSSR count). The maximum absolute atomic E-state index is 10.4. The lowest BCUT2D eigenvalue weighted by atomic mass is 9.93. The third-order valence-corrected chi connectivity index (χ3v) is 3.98. The lowest BCUT2D eigenvalue weighted by Crippen LogP contribution is -2.50. The summed E-state index contributed by atoms with van der Waals surface area (Å²) in [7, 11) is 2.01. The highest BCUT2D eigenvalue weighted by atomic mass is 16.5. The van der Waals surface area contributed by atoms with Crippen molar-refractivity contribution in [1.82, 2.24) is 4.90 Å². The molecule has 4 heteroatoms. The summed E-state index contributed by atoms with van der Waals surface area (Å²) >= 11 is 0. The minimum atomic E-state index is -0.616. The summed E-state index contributed by atoms with van der Waals surface area (Å²) < 4.78 is 5.27. The minimum Gasteiger partial charge on any atom is -0.391 e. The second kappa shape index (κ2) is 5.00. The van der Waals surface area contributed by atoms with Crippen LogP contribution in [0.3, 0.4) is 0 Å². The first-order valence-corrected chi connectivity index (χ1v) is 6.29. The highest BCUT2D eigenvalue weighted by molar-refractivity contribution is 4.90. The maximum Gasteiger partial charge on any atom is 0.0817 e. The first kappa shape index (κ1) is 12.3. The Bertz CT molecular complexity index is 228. The Kier molecular flexibility index (Phi) is 3.85. The van der Waals surface area contributed by atoms with Crippen LogP contribution in [-0.2, 0) is 4.74 Å². The zero-order chi connectivity index (χ0) is 11.6. The zero-order valence-electron chi connectivity index (χ0n) is 10.1. The molecule has 0 aromatic rings. The summed E-state index contributed by atoms with van der Waals surface area (Å²) in [5, 5.41) is 20.2. The fourth-order valence-electron chi connectivity index (χ4n) is 2.93. The second-order valence-corrected chi connectivity index (χ2v) is 5.32. The molecule has 0 amide bonds. The lowest BCUT2D eigenvalue weighted by molar-refractivity contribution is -0.0857. The Hall–Kier alpha value is -0.160. The van der Waals surface area contributed by atoms with E-state index in [9.17, 15) is 10.2 Å². The Labute approximate surface area is 97.2 Å². The number of nitrogens with zero attached hydrogens (tertiary/aromatic N) is 1. The van der Waals surface area contributed by atoms with Crippen molar-refractivity contribution >= 4 is 0 Å². The van der Waals surface area contributed by atoms with Gasteiger partial charge in [0.1, 0.15) is 0 Å². The van der Waals surface area contributed by atoms with Gasteiger partial charge in [-0.05, 0) is 26.3 Å². The van der Waals surface area contributed by atoms with Crippen LogP contribution < -0.4 is 0 Å². The number of rotatable bonds is 3. The molecule has 2 fully saturated rings. The largest absolute Gasteiger partial charge is 0.391 e. The molecule has 1 aliphatic heterocycles. The lowest BCUT2D eigenvalue weighted by Gasteiger charge is -2.38. The van der Waals surface area contributed by atoms with Crippen molar-refractivity contribution in [3.8, 4) is 0 Å². The normalized spacial score (nSPS) is 34.5. The molecule has 94 valence electrons. The topological polar surface area (TPSA) is 52.9 Å². The van der Waals surface area contributed by atoms with Gasteiger partial charge in [-0.1, -0.05) is 0 Å².